The first-order valence-corrected chi connectivity index (χ1v) is 8.65. The molecule has 2 aromatic carbocycles. The van der Waals surface area contributed by atoms with E-state index < -0.39 is 0 Å². The van der Waals surface area contributed by atoms with Gasteiger partial charge in [0.05, 0.1) is 10.9 Å². The van der Waals surface area contributed by atoms with Gasteiger partial charge in [-0.1, -0.05) is 29.5 Å². The lowest BCUT2D eigenvalue weighted by Crippen LogP contribution is -1.96. The molecule has 4 aromatic rings. The molecule has 0 bridgehead atoms. The Kier molecular flexibility index (Phi) is 3.36. The van der Waals surface area contributed by atoms with Crippen LogP contribution in [-0.2, 0) is 4.79 Å². The van der Waals surface area contributed by atoms with Gasteiger partial charge < -0.3 is 14.2 Å². The Morgan fingerprint density at radius 3 is 2.96 bits per heavy atom. The maximum absolute atomic E-state index is 10.5. The summed E-state index contributed by atoms with van der Waals surface area (Å²) in [6.45, 7) is 0.588. The molecule has 0 N–H and O–H groups in total. The van der Waals surface area contributed by atoms with E-state index >= 15 is 0 Å². The molecule has 0 saturated heterocycles. The lowest BCUT2D eigenvalue weighted by Gasteiger charge is -2.00. The molecule has 8 heteroatoms. The molecule has 0 saturated carbocycles. The van der Waals surface area contributed by atoms with Crippen molar-refractivity contribution in [3.05, 3.63) is 47.8 Å². The molecular weight excluding hydrogens is 354 g/mol. The summed E-state index contributed by atoms with van der Waals surface area (Å²) in [5.74, 6) is 1.69. The molecule has 0 spiro atoms. The molecule has 0 aliphatic carbocycles. The van der Waals surface area contributed by atoms with Crippen molar-refractivity contribution in [2.75, 3.05) is 6.79 Å². The Hall–Kier alpha value is -3.39. The minimum atomic E-state index is 0.229. The molecule has 0 amide bonds. The fourth-order valence-electron chi connectivity index (χ4n) is 2.92. The fourth-order valence-corrected chi connectivity index (χ4v) is 3.62. The molecule has 3 heterocycles. The number of benzene rings is 2. The topological polar surface area (TPSA) is 75.5 Å². The van der Waals surface area contributed by atoms with E-state index in [4.69, 9.17) is 19.3 Å². The first-order valence-electron chi connectivity index (χ1n) is 7.77. The second-order valence-corrected chi connectivity index (χ2v) is 6.36. The van der Waals surface area contributed by atoms with Gasteiger partial charge in [0.1, 0.15) is 5.69 Å². The minimum absolute atomic E-state index is 0.229. The highest BCUT2D eigenvalue weighted by Crippen LogP contribution is 2.38. The number of nitrogens with zero attached hydrogens (tertiary/aromatic N) is 3. The van der Waals surface area contributed by atoms with Crippen LogP contribution >= 0.6 is 11.3 Å². The van der Waals surface area contributed by atoms with Gasteiger partial charge in [0.25, 0.3) is 6.47 Å². The third kappa shape index (κ3) is 2.31. The second-order valence-electron chi connectivity index (χ2n) is 5.53. The monoisotopic (exact) mass is 365 g/mol. The minimum Gasteiger partial charge on any atom is -0.454 e. The van der Waals surface area contributed by atoms with Crippen LogP contribution in [0.25, 0.3) is 27.3 Å². The van der Waals surface area contributed by atoms with E-state index in [1.165, 1.54) is 11.3 Å². The SMILES string of the molecule is O=COc1csc(-n2nc(-c3ccc4c(c3)OCO4)c3ccccc32)n1. The number of carbonyl (C=O) groups is 1. The number of rotatable bonds is 4. The number of ether oxygens (including phenoxy) is 3. The summed E-state index contributed by atoms with van der Waals surface area (Å²) < 4.78 is 17.4. The lowest BCUT2D eigenvalue weighted by atomic mass is 10.1. The number of aromatic nitrogens is 3. The van der Waals surface area contributed by atoms with Gasteiger partial charge in [0.15, 0.2) is 11.5 Å². The van der Waals surface area contributed by atoms with Crippen LogP contribution in [0.15, 0.2) is 47.8 Å². The first-order chi connectivity index (χ1) is 12.8. The van der Waals surface area contributed by atoms with Crippen molar-refractivity contribution < 1.29 is 19.0 Å². The molecule has 128 valence electrons. The van der Waals surface area contributed by atoms with E-state index in [0.717, 1.165) is 27.9 Å². The summed E-state index contributed by atoms with van der Waals surface area (Å²) in [5, 5.41) is 8.02. The summed E-state index contributed by atoms with van der Waals surface area (Å²) in [7, 11) is 0. The summed E-state index contributed by atoms with van der Waals surface area (Å²) in [5.41, 5.74) is 2.64. The normalized spacial score (nSPS) is 12.5. The molecule has 7 nitrogen and oxygen atoms in total. The van der Waals surface area contributed by atoms with E-state index in [1.54, 1.807) is 10.1 Å². The highest BCUT2D eigenvalue weighted by molar-refractivity contribution is 7.12. The number of hydrogen-bond donors (Lipinski definition) is 0. The molecule has 1 aliphatic rings. The van der Waals surface area contributed by atoms with Crippen molar-refractivity contribution in [1.29, 1.82) is 0 Å². The smallest absolute Gasteiger partial charge is 0.299 e. The molecule has 1 aliphatic heterocycles. The Morgan fingerprint density at radius 1 is 1.15 bits per heavy atom. The maximum atomic E-state index is 10.5. The largest absolute Gasteiger partial charge is 0.454 e. The molecule has 0 atom stereocenters. The Morgan fingerprint density at radius 2 is 2.04 bits per heavy atom. The van der Waals surface area contributed by atoms with Gasteiger partial charge in [0.2, 0.25) is 17.8 Å². The van der Waals surface area contributed by atoms with Crippen molar-refractivity contribution in [2.24, 2.45) is 0 Å². The zero-order valence-corrected chi connectivity index (χ0v) is 14.1. The van der Waals surface area contributed by atoms with Crippen molar-refractivity contribution in [3.63, 3.8) is 0 Å². The van der Waals surface area contributed by atoms with Gasteiger partial charge in [-0.2, -0.15) is 10.1 Å². The van der Waals surface area contributed by atoms with E-state index in [2.05, 4.69) is 4.98 Å². The van der Waals surface area contributed by atoms with E-state index in [1.807, 2.05) is 42.5 Å². The molecule has 0 unspecified atom stereocenters. The van der Waals surface area contributed by atoms with Gasteiger partial charge >= 0.3 is 0 Å². The number of fused-ring (bicyclic) bond motifs is 2. The van der Waals surface area contributed by atoms with Gasteiger partial charge in [-0.15, -0.1) is 0 Å². The lowest BCUT2D eigenvalue weighted by molar-refractivity contribution is -0.120. The van der Waals surface area contributed by atoms with E-state index in [-0.39, 0.29) is 12.7 Å². The van der Waals surface area contributed by atoms with Crippen LogP contribution in [0.4, 0.5) is 0 Å². The number of thiazole rings is 1. The maximum Gasteiger partial charge on any atom is 0.299 e. The van der Waals surface area contributed by atoms with Crippen LogP contribution in [0.2, 0.25) is 0 Å². The predicted octanol–water partition coefficient (Wildman–Crippen LogP) is 3.41. The molecule has 5 rings (SSSR count). The van der Waals surface area contributed by atoms with Gasteiger partial charge in [-0.05, 0) is 24.3 Å². The molecular formula is C18H11N3O4S. The molecule has 2 aromatic heterocycles. The average Bonchev–Trinajstić information content (AvgIpc) is 3.39. The van der Waals surface area contributed by atoms with Crippen LogP contribution in [0.1, 0.15) is 0 Å². The molecule has 0 radical (unpaired) electrons. The zero-order chi connectivity index (χ0) is 17.5. The highest BCUT2D eigenvalue weighted by atomic mass is 32.1. The van der Waals surface area contributed by atoms with Crippen LogP contribution in [0.3, 0.4) is 0 Å². The summed E-state index contributed by atoms with van der Waals surface area (Å²) in [6.07, 6.45) is 0. The van der Waals surface area contributed by atoms with Crippen LogP contribution in [0.5, 0.6) is 17.4 Å². The third-order valence-corrected chi connectivity index (χ3v) is 4.85. The van der Waals surface area contributed by atoms with Crippen LogP contribution < -0.4 is 14.2 Å². The standard InChI is InChI=1S/C18H11N3O4S/c22-9-23-16-8-26-18(19-16)21-13-4-2-1-3-12(13)17(20-21)11-5-6-14-15(7-11)25-10-24-14/h1-9H,10H2. The highest BCUT2D eigenvalue weighted by Gasteiger charge is 2.19. The van der Waals surface area contributed by atoms with Crippen molar-refractivity contribution in [1.82, 2.24) is 14.8 Å². The first kappa shape index (κ1) is 14.9. The summed E-state index contributed by atoms with van der Waals surface area (Å²) in [6, 6.07) is 13.6. The van der Waals surface area contributed by atoms with E-state index in [9.17, 15) is 4.79 Å². The predicted molar refractivity (Wildman–Crippen MR) is 95.0 cm³/mol. The average molecular weight is 365 g/mol. The Bertz CT molecular complexity index is 1130. The Balaban J connectivity index is 1.68. The third-order valence-electron chi connectivity index (χ3n) is 4.05. The fraction of sp³-hybridized carbons (Fsp3) is 0.0556. The van der Waals surface area contributed by atoms with Crippen molar-refractivity contribution >= 4 is 28.7 Å². The number of hydrogen-bond acceptors (Lipinski definition) is 7. The van der Waals surface area contributed by atoms with Crippen LogP contribution in [-0.4, -0.2) is 28.0 Å². The quantitative estimate of drug-likeness (QED) is 0.516. The number of para-hydroxylation sites is 1. The van der Waals surface area contributed by atoms with Crippen LogP contribution in [0, 0.1) is 0 Å². The van der Waals surface area contributed by atoms with Crippen molar-refractivity contribution in [3.8, 4) is 33.8 Å². The second kappa shape index (κ2) is 5.85. The van der Waals surface area contributed by atoms with Gasteiger partial charge in [0, 0.05) is 10.9 Å². The number of carbonyl (C=O) groups excluding carboxylic acids is 1. The summed E-state index contributed by atoms with van der Waals surface area (Å²) >= 11 is 1.35. The zero-order valence-electron chi connectivity index (χ0n) is 13.3. The van der Waals surface area contributed by atoms with Gasteiger partial charge in [-0.3, -0.25) is 4.79 Å². The summed E-state index contributed by atoms with van der Waals surface area (Å²) in [4.78, 5) is 14.8. The Labute approximate surface area is 151 Å². The molecule has 26 heavy (non-hydrogen) atoms. The van der Waals surface area contributed by atoms with Crippen molar-refractivity contribution in [2.45, 2.75) is 0 Å². The van der Waals surface area contributed by atoms with Gasteiger partial charge in [-0.25, -0.2) is 4.68 Å². The van der Waals surface area contributed by atoms with E-state index in [0.29, 0.717) is 17.4 Å². The molecule has 0 fully saturated rings.